The highest BCUT2D eigenvalue weighted by molar-refractivity contribution is 5.34. The molecular formula is C9H15N3O. The van der Waals surface area contributed by atoms with Gasteiger partial charge in [0, 0.05) is 25.7 Å². The van der Waals surface area contributed by atoms with Crippen molar-refractivity contribution in [2.75, 3.05) is 26.4 Å². The van der Waals surface area contributed by atoms with Gasteiger partial charge in [-0.05, 0) is 12.1 Å². The predicted molar refractivity (Wildman–Crippen MR) is 52.0 cm³/mol. The molecule has 1 aromatic heterocycles. The molecule has 0 aliphatic carbocycles. The molecule has 2 N–H and O–H groups in total. The van der Waals surface area contributed by atoms with E-state index in [9.17, 15) is 0 Å². The Kier molecular flexibility index (Phi) is 3.67. The van der Waals surface area contributed by atoms with E-state index in [1.165, 1.54) is 0 Å². The first-order chi connectivity index (χ1) is 6.22. The summed E-state index contributed by atoms with van der Waals surface area (Å²) in [5, 5.41) is 1.76. The van der Waals surface area contributed by atoms with Gasteiger partial charge in [-0.15, -0.1) is 0 Å². The van der Waals surface area contributed by atoms with Gasteiger partial charge in [-0.2, -0.15) is 5.06 Å². The molecule has 0 amide bonds. The first kappa shape index (κ1) is 9.95. The molecule has 1 heterocycles. The number of nitrogen functional groups attached to an aromatic ring is 1. The van der Waals surface area contributed by atoms with Crippen molar-refractivity contribution >= 4 is 5.69 Å². The molecule has 0 atom stereocenters. The first-order valence-corrected chi connectivity index (χ1v) is 4.18. The van der Waals surface area contributed by atoms with Crippen molar-refractivity contribution in [3.63, 3.8) is 0 Å². The largest absolute Gasteiger partial charge is 0.397 e. The predicted octanol–water partition coefficient (Wildman–Crippen LogP) is 0.699. The van der Waals surface area contributed by atoms with Crippen molar-refractivity contribution in [3.8, 4) is 0 Å². The van der Waals surface area contributed by atoms with Crippen LogP contribution >= 0.6 is 0 Å². The fraction of sp³-hybridized carbons (Fsp3) is 0.444. The van der Waals surface area contributed by atoms with Crippen molar-refractivity contribution in [3.05, 3.63) is 24.0 Å². The van der Waals surface area contributed by atoms with Crippen LogP contribution in [0.4, 0.5) is 5.69 Å². The summed E-state index contributed by atoms with van der Waals surface area (Å²) in [6, 6.07) is 3.79. The van der Waals surface area contributed by atoms with Crippen LogP contribution in [0.2, 0.25) is 0 Å². The second-order valence-corrected chi connectivity index (χ2v) is 2.87. The number of pyridine rings is 1. The highest BCUT2D eigenvalue weighted by atomic mass is 16.7. The van der Waals surface area contributed by atoms with Crippen LogP contribution in [0.1, 0.15) is 5.69 Å². The zero-order chi connectivity index (χ0) is 9.68. The van der Waals surface area contributed by atoms with Crippen LogP contribution in [0.5, 0.6) is 0 Å². The van der Waals surface area contributed by atoms with Crippen molar-refractivity contribution in [2.45, 2.75) is 6.42 Å². The van der Waals surface area contributed by atoms with Crippen LogP contribution in [-0.2, 0) is 11.3 Å². The Hall–Kier alpha value is -1.13. The minimum absolute atomic E-state index is 0.698. The maximum absolute atomic E-state index is 5.51. The SMILES string of the molecule is CON(C)CCc1ccc(N)cn1. The fourth-order valence-corrected chi connectivity index (χ4v) is 0.947. The number of anilines is 1. The third kappa shape index (κ3) is 3.40. The molecule has 1 aromatic rings. The third-order valence-electron chi connectivity index (χ3n) is 1.84. The van der Waals surface area contributed by atoms with Crippen LogP contribution < -0.4 is 5.73 Å². The minimum atomic E-state index is 0.698. The molecule has 4 nitrogen and oxygen atoms in total. The lowest BCUT2D eigenvalue weighted by Gasteiger charge is -2.12. The standard InChI is InChI=1S/C9H15N3O/c1-12(13-2)6-5-9-4-3-8(10)7-11-9/h3-4,7H,5-6,10H2,1-2H3. The second kappa shape index (κ2) is 4.79. The quantitative estimate of drug-likeness (QED) is 0.695. The van der Waals surface area contributed by atoms with Crippen molar-refractivity contribution in [2.24, 2.45) is 0 Å². The van der Waals surface area contributed by atoms with E-state index < -0.39 is 0 Å². The number of nitrogens with two attached hydrogens (primary N) is 1. The summed E-state index contributed by atoms with van der Waals surface area (Å²) >= 11 is 0. The van der Waals surface area contributed by atoms with Crippen LogP contribution in [0.25, 0.3) is 0 Å². The summed E-state index contributed by atoms with van der Waals surface area (Å²) < 4.78 is 0. The van der Waals surface area contributed by atoms with Gasteiger partial charge in [-0.25, -0.2) is 0 Å². The molecule has 0 radical (unpaired) electrons. The van der Waals surface area contributed by atoms with E-state index in [1.807, 2.05) is 19.2 Å². The highest BCUT2D eigenvalue weighted by Crippen LogP contribution is 2.02. The number of likely N-dealkylation sites (N-methyl/N-ethyl adjacent to an activating group) is 1. The van der Waals surface area contributed by atoms with Gasteiger partial charge in [-0.1, -0.05) is 0 Å². The van der Waals surface area contributed by atoms with Gasteiger partial charge in [0.05, 0.1) is 19.0 Å². The smallest absolute Gasteiger partial charge is 0.0575 e. The fourth-order valence-electron chi connectivity index (χ4n) is 0.947. The molecule has 1 rings (SSSR count). The maximum Gasteiger partial charge on any atom is 0.0575 e. The second-order valence-electron chi connectivity index (χ2n) is 2.87. The Morgan fingerprint density at radius 1 is 1.54 bits per heavy atom. The van der Waals surface area contributed by atoms with Gasteiger partial charge in [0.25, 0.3) is 0 Å². The van der Waals surface area contributed by atoms with Crippen LogP contribution in [0, 0.1) is 0 Å². The third-order valence-corrected chi connectivity index (χ3v) is 1.84. The molecule has 0 aromatic carbocycles. The molecule has 0 saturated carbocycles. The Morgan fingerprint density at radius 3 is 2.85 bits per heavy atom. The molecule has 0 saturated heterocycles. The zero-order valence-corrected chi connectivity index (χ0v) is 8.03. The zero-order valence-electron chi connectivity index (χ0n) is 8.03. The number of aromatic nitrogens is 1. The monoisotopic (exact) mass is 181 g/mol. The highest BCUT2D eigenvalue weighted by Gasteiger charge is 1.98. The van der Waals surface area contributed by atoms with E-state index in [0.717, 1.165) is 18.7 Å². The van der Waals surface area contributed by atoms with E-state index in [4.69, 9.17) is 10.6 Å². The van der Waals surface area contributed by atoms with E-state index in [0.29, 0.717) is 5.69 Å². The number of rotatable bonds is 4. The summed E-state index contributed by atoms with van der Waals surface area (Å²) in [7, 11) is 3.54. The Bertz CT molecular complexity index is 248. The van der Waals surface area contributed by atoms with Crippen LogP contribution in [0.3, 0.4) is 0 Å². The molecule has 0 aliphatic heterocycles. The molecule has 72 valence electrons. The number of hydrogen-bond donors (Lipinski definition) is 1. The van der Waals surface area contributed by atoms with E-state index >= 15 is 0 Å². The molecule has 4 heteroatoms. The summed E-state index contributed by atoms with van der Waals surface area (Å²) in [6.07, 6.45) is 2.53. The topological polar surface area (TPSA) is 51.4 Å². The number of hydrogen-bond acceptors (Lipinski definition) is 4. The van der Waals surface area contributed by atoms with Gasteiger partial charge < -0.3 is 10.6 Å². The molecule has 13 heavy (non-hydrogen) atoms. The van der Waals surface area contributed by atoms with E-state index in [-0.39, 0.29) is 0 Å². The lowest BCUT2D eigenvalue weighted by atomic mass is 10.2. The lowest BCUT2D eigenvalue weighted by molar-refractivity contribution is -0.108. The number of hydroxylamine groups is 2. The summed E-state index contributed by atoms with van der Waals surface area (Å²) in [5.74, 6) is 0. The first-order valence-electron chi connectivity index (χ1n) is 4.18. The molecule has 0 aliphatic rings. The van der Waals surface area contributed by atoms with Crippen LogP contribution in [-0.4, -0.2) is 30.7 Å². The Labute approximate surface area is 78.3 Å². The average Bonchev–Trinajstić information content (AvgIpc) is 2.16. The minimum Gasteiger partial charge on any atom is -0.397 e. The molecule has 0 fully saturated rings. The van der Waals surface area contributed by atoms with Crippen molar-refractivity contribution in [1.82, 2.24) is 10.0 Å². The van der Waals surface area contributed by atoms with E-state index in [1.54, 1.807) is 18.4 Å². The molecule has 0 unspecified atom stereocenters. The summed E-state index contributed by atoms with van der Waals surface area (Å²) in [4.78, 5) is 9.15. The summed E-state index contributed by atoms with van der Waals surface area (Å²) in [6.45, 7) is 0.827. The molecule has 0 bridgehead atoms. The van der Waals surface area contributed by atoms with Gasteiger partial charge in [0.1, 0.15) is 0 Å². The molecule has 0 spiro atoms. The Balaban J connectivity index is 2.41. The van der Waals surface area contributed by atoms with Crippen molar-refractivity contribution < 1.29 is 4.84 Å². The van der Waals surface area contributed by atoms with Crippen molar-refractivity contribution in [1.29, 1.82) is 0 Å². The summed E-state index contributed by atoms with van der Waals surface area (Å²) in [5.41, 5.74) is 7.24. The average molecular weight is 181 g/mol. The van der Waals surface area contributed by atoms with Gasteiger partial charge in [0.2, 0.25) is 0 Å². The number of nitrogens with zero attached hydrogens (tertiary/aromatic N) is 2. The van der Waals surface area contributed by atoms with Gasteiger partial charge in [0.15, 0.2) is 0 Å². The van der Waals surface area contributed by atoms with E-state index in [2.05, 4.69) is 4.98 Å². The van der Waals surface area contributed by atoms with Gasteiger partial charge >= 0.3 is 0 Å². The van der Waals surface area contributed by atoms with Gasteiger partial charge in [-0.3, -0.25) is 4.98 Å². The Morgan fingerprint density at radius 2 is 2.31 bits per heavy atom. The normalized spacial score (nSPS) is 10.7. The molecular weight excluding hydrogens is 166 g/mol. The lowest BCUT2D eigenvalue weighted by Crippen LogP contribution is -2.19. The van der Waals surface area contributed by atoms with Crippen LogP contribution in [0.15, 0.2) is 18.3 Å². The maximum atomic E-state index is 5.51.